The molecule has 0 radical (unpaired) electrons. The highest BCUT2D eigenvalue weighted by molar-refractivity contribution is 5.29. The number of aryl methyl sites for hydroxylation is 2. The lowest BCUT2D eigenvalue weighted by atomic mass is 9.99. The molecule has 3 aromatic rings. The van der Waals surface area contributed by atoms with Crippen molar-refractivity contribution in [3.8, 4) is 0 Å². The molecule has 6 heteroatoms. The normalized spacial score (nSPS) is 16.2. The van der Waals surface area contributed by atoms with Crippen LogP contribution < -0.4 is 10.2 Å². The Labute approximate surface area is 166 Å². The number of rotatable bonds is 7. The molecule has 0 bridgehead atoms. The minimum Gasteiger partial charge on any atom is -0.341 e. The molecule has 4 rings (SSSR count). The average Bonchev–Trinajstić information content (AvgIpc) is 3.17. The molecule has 3 heterocycles. The first-order chi connectivity index (χ1) is 13.8. The molecule has 1 aromatic carbocycles. The van der Waals surface area contributed by atoms with Crippen molar-refractivity contribution in [1.82, 2.24) is 24.8 Å². The highest BCUT2D eigenvalue weighted by Crippen LogP contribution is 2.22. The van der Waals surface area contributed by atoms with Crippen LogP contribution in [0, 0.1) is 6.92 Å². The molecule has 6 nitrogen and oxygen atoms in total. The number of aromatic nitrogens is 4. The minimum absolute atomic E-state index is 0.340. The van der Waals surface area contributed by atoms with Crippen LogP contribution in [0.25, 0.3) is 0 Å². The van der Waals surface area contributed by atoms with Crippen molar-refractivity contribution in [1.29, 1.82) is 0 Å². The van der Waals surface area contributed by atoms with Crippen LogP contribution in [0.5, 0.6) is 0 Å². The smallest absolute Gasteiger partial charge is 0.225 e. The molecule has 1 N–H and O–H groups in total. The Bertz CT molecular complexity index is 840. The third kappa shape index (κ3) is 4.57. The van der Waals surface area contributed by atoms with Crippen LogP contribution in [0.15, 0.2) is 61.2 Å². The molecule has 2 aromatic heterocycles. The summed E-state index contributed by atoms with van der Waals surface area (Å²) in [5, 5.41) is 3.92. The lowest BCUT2D eigenvalue weighted by molar-refractivity contribution is 0.347. The van der Waals surface area contributed by atoms with Gasteiger partial charge >= 0.3 is 0 Å². The Balaban J connectivity index is 1.38. The Hall–Kier alpha value is -2.73. The highest BCUT2D eigenvalue weighted by Gasteiger charge is 2.23. The van der Waals surface area contributed by atoms with Crippen molar-refractivity contribution in [3.63, 3.8) is 0 Å². The quantitative estimate of drug-likeness (QED) is 0.685. The summed E-state index contributed by atoms with van der Waals surface area (Å²) in [6.45, 7) is 5.01. The molecule has 1 fully saturated rings. The maximum atomic E-state index is 4.39. The Kier molecular flexibility index (Phi) is 5.97. The van der Waals surface area contributed by atoms with Crippen molar-refractivity contribution < 1.29 is 0 Å². The predicted molar refractivity (Wildman–Crippen MR) is 111 cm³/mol. The van der Waals surface area contributed by atoms with E-state index in [2.05, 4.69) is 73.2 Å². The van der Waals surface area contributed by atoms with Crippen molar-refractivity contribution in [3.05, 3.63) is 72.6 Å². The standard InChI is InChI=1S/C22H28N6/c1-18-23-13-17-27(18)16-10-21(19-6-3-2-4-7-19)26-20-8-14-28(15-9-20)22-24-11-5-12-25-22/h2-7,11-13,17,20-21,26H,8-10,14-16H2,1H3. The summed E-state index contributed by atoms with van der Waals surface area (Å²) in [7, 11) is 0. The van der Waals surface area contributed by atoms with Crippen molar-refractivity contribution in [2.45, 2.75) is 44.8 Å². The van der Waals surface area contributed by atoms with Gasteiger partial charge < -0.3 is 14.8 Å². The van der Waals surface area contributed by atoms with Gasteiger partial charge in [0.2, 0.25) is 5.95 Å². The zero-order chi connectivity index (χ0) is 19.2. The van der Waals surface area contributed by atoms with Gasteiger partial charge in [0.25, 0.3) is 0 Å². The maximum Gasteiger partial charge on any atom is 0.225 e. The third-order valence-corrected chi connectivity index (χ3v) is 5.55. The molecule has 146 valence electrons. The Morgan fingerprint density at radius 3 is 2.43 bits per heavy atom. The number of imidazole rings is 1. The second-order valence-corrected chi connectivity index (χ2v) is 7.40. The van der Waals surface area contributed by atoms with E-state index in [1.165, 1.54) is 5.56 Å². The number of piperidine rings is 1. The van der Waals surface area contributed by atoms with Crippen molar-refractivity contribution in [2.24, 2.45) is 0 Å². The minimum atomic E-state index is 0.340. The molecule has 1 aliphatic rings. The largest absolute Gasteiger partial charge is 0.341 e. The van der Waals surface area contributed by atoms with Gasteiger partial charge in [-0.1, -0.05) is 30.3 Å². The molecule has 0 aliphatic carbocycles. The molecule has 0 spiro atoms. The summed E-state index contributed by atoms with van der Waals surface area (Å²) < 4.78 is 2.23. The monoisotopic (exact) mass is 376 g/mol. The van der Waals surface area contributed by atoms with Gasteiger partial charge in [0.05, 0.1) is 0 Å². The van der Waals surface area contributed by atoms with E-state index in [0.717, 1.165) is 50.7 Å². The molecule has 1 aliphatic heterocycles. The van der Waals surface area contributed by atoms with Gasteiger partial charge in [-0.05, 0) is 37.8 Å². The molecule has 1 saturated heterocycles. The molecule has 1 atom stereocenters. The lowest BCUT2D eigenvalue weighted by Gasteiger charge is -2.35. The number of anilines is 1. The van der Waals surface area contributed by atoms with E-state index in [9.17, 15) is 0 Å². The number of hydrogen-bond acceptors (Lipinski definition) is 5. The van der Waals surface area contributed by atoms with Crippen LogP contribution in [0.4, 0.5) is 5.95 Å². The fourth-order valence-corrected chi connectivity index (χ4v) is 3.92. The van der Waals surface area contributed by atoms with Gasteiger partial charge in [-0.25, -0.2) is 15.0 Å². The van der Waals surface area contributed by atoms with Gasteiger partial charge in [0.15, 0.2) is 0 Å². The molecular weight excluding hydrogens is 348 g/mol. The van der Waals surface area contributed by atoms with E-state index in [-0.39, 0.29) is 0 Å². The van der Waals surface area contributed by atoms with Gasteiger partial charge in [0, 0.05) is 56.5 Å². The first-order valence-electron chi connectivity index (χ1n) is 10.1. The van der Waals surface area contributed by atoms with Gasteiger partial charge in [-0.15, -0.1) is 0 Å². The molecule has 1 unspecified atom stereocenters. The molecule has 28 heavy (non-hydrogen) atoms. The van der Waals surface area contributed by atoms with E-state index < -0.39 is 0 Å². The number of benzene rings is 1. The number of nitrogens with one attached hydrogen (secondary N) is 1. The maximum absolute atomic E-state index is 4.39. The number of nitrogens with zero attached hydrogens (tertiary/aromatic N) is 5. The van der Waals surface area contributed by atoms with Gasteiger partial charge in [0.1, 0.15) is 5.82 Å². The summed E-state index contributed by atoms with van der Waals surface area (Å²) in [5.41, 5.74) is 1.36. The van der Waals surface area contributed by atoms with Crippen LogP contribution in [-0.2, 0) is 6.54 Å². The zero-order valence-corrected chi connectivity index (χ0v) is 16.4. The molecule has 0 amide bonds. The van der Waals surface area contributed by atoms with E-state index in [1.807, 2.05) is 24.7 Å². The van der Waals surface area contributed by atoms with Gasteiger partial charge in [-0.3, -0.25) is 0 Å². The van der Waals surface area contributed by atoms with Crippen LogP contribution >= 0.6 is 0 Å². The Morgan fingerprint density at radius 2 is 1.75 bits per heavy atom. The van der Waals surface area contributed by atoms with E-state index in [1.54, 1.807) is 0 Å². The second-order valence-electron chi connectivity index (χ2n) is 7.40. The van der Waals surface area contributed by atoms with Crippen molar-refractivity contribution >= 4 is 5.95 Å². The van der Waals surface area contributed by atoms with E-state index >= 15 is 0 Å². The van der Waals surface area contributed by atoms with E-state index in [0.29, 0.717) is 12.1 Å². The average molecular weight is 377 g/mol. The molecular formula is C22H28N6. The predicted octanol–water partition coefficient (Wildman–Crippen LogP) is 3.37. The lowest BCUT2D eigenvalue weighted by Crippen LogP contribution is -2.44. The number of hydrogen-bond donors (Lipinski definition) is 1. The fourth-order valence-electron chi connectivity index (χ4n) is 3.92. The SMILES string of the molecule is Cc1nccn1CCC(NC1CCN(c2ncccn2)CC1)c1ccccc1. The van der Waals surface area contributed by atoms with Gasteiger partial charge in [-0.2, -0.15) is 0 Å². The van der Waals surface area contributed by atoms with E-state index in [4.69, 9.17) is 0 Å². The summed E-state index contributed by atoms with van der Waals surface area (Å²) in [6.07, 6.45) is 10.8. The summed E-state index contributed by atoms with van der Waals surface area (Å²) >= 11 is 0. The summed E-state index contributed by atoms with van der Waals surface area (Å²) in [4.78, 5) is 15.4. The van der Waals surface area contributed by atoms with Crippen molar-refractivity contribution in [2.75, 3.05) is 18.0 Å². The first-order valence-corrected chi connectivity index (χ1v) is 10.1. The summed E-state index contributed by atoms with van der Waals surface area (Å²) in [6, 6.07) is 13.5. The van der Waals surface area contributed by atoms with Crippen LogP contribution in [0.1, 0.15) is 36.7 Å². The Morgan fingerprint density at radius 1 is 1.00 bits per heavy atom. The van der Waals surface area contributed by atoms with Crippen LogP contribution in [0.3, 0.4) is 0 Å². The fraction of sp³-hybridized carbons (Fsp3) is 0.409. The second kappa shape index (κ2) is 8.97. The topological polar surface area (TPSA) is 58.9 Å². The first kappa shape index (κ1) is 18.6. The zero-order valence-electron chi connectivity index (χ0n) is 16.4. The third-order valence-electron chi connectivity index (χ3n) is 5.55. The summed E-state index contributed by atoms with van der Waals surface area (Å²) in [5.74, 6) is 1.92. The van der Waals surface area contributed by atoms with Crippen LogP contribution in [-0.4, -0.2) is 38.7 Å². The highest BCUT2D eigenvalue weighted by atomic mass is 15.3. The van der Waals surface area contributed by atoms with Crippen LogP contribution in [0.2, 0.25) is 0 Å². The molecule has 0 saturated carbocycles.